The topological polar surface area (TPSA) is 90.7 Å². The molecule has 0 aliphatic carbocycles. The molecule has 7 nitrogen and oxygen atoms in total. The molecule has 0 fully saturated rings. The normalized spacial score (nSPS) is 11.8. The zero-order valence-corrected chi connectivity index (χ0v) is 17.5. The summed E-state index contributed by atoms with van der Waals surface area (Å²) in [7, 11) is 1.43. The number of carbonyl (C=O) groups excluding carboxylic acids is 1. The molecule has 0 aliphatic rings. The van der Waals surface area contributed by atoms with Crippen molar-refractivity contribution in [3.63, 3.8) is 0 Å². The van der Waals surface area contributed by atoms with Crippen LogP contribution in [0.25, 0.3) is 0 Å². The highest BCUT2D eigenvalue weighted by molar-refractivity contribution is 5.99. The molecule has 2 rings (SSSR count). The fourth-order valence-electron chi connectivity index (χ4n) is 3.12. The van der Waals surface area contributed by atoms with Crippen LogP contribution >= 0.6 is 0 Å². The molecular formula is C22H28N2O5. The maximum Gasteiger partial charge on any atom is 0.286 e. The lowest BCUT2D eigenvalue weighted by Crippen LogP contribution is -2.32. The van der Waals surface area contributed by atoms with Gasteiger partial charge in [0.1, 0.15) is 5.56 Å². The summed E-state index contributed by atoms with van der Waals surface area (Å²) in [4.78, 5) is 24.0. The Labute approximate surface area is 171 Å². The third-order valence-electron chi connectivity index (χ3n) is 4.72. The largest absolute Gasteiger partial charge is 0.493 e. The van der Waals surface area contributed by atoms with E-state index in [0.29, 0.717) is 6.61 Å². The lowest BCUT2D eigenvalue weighted by atomic mass is 9.94. The maximum absolute atomic E-state index is 13.0. The van der Waals surface area contributed by atoms with Gasteiger partial charge in [0, 0.05) is 6.07 Å². The Hall–Kier alpha value is -3.09. The number of aryl methyl sites for hydroxylation is 1. The molecule has 0 heterocycles. The van der Waals surface area contributed by atoms with Gasteiger partial charge >= 0.3 is 0 Å². The highest BCUT2D eigenvalue weighted by Gasteiger charge is 2.27. The van der Waals surface area contributed by atoms with Gasteiger partial charge in [-0.3, -0.25) is 14.9 Å². The molecule has 2 aromatic rings. The van der Waals surface area contributed by atoms with Crippen LogP contribution in [0, 0.1) is 16.0 Å². The van der Waals surface area contributed by atoms with E-state index in [0.717, 1.165) is 12.0 Å². The molecular weight excluding hydrogens is 372 g/mol. The fraction of sp³-hybridized carbons (Fsp3) is 0.409. The summed E-state index contributed by atoms with van der Waals surface area (Å²) >= 11 is 0. The molecule has 0 spiro atoms. The Morgan fingerprint density at radius 2 is 1.79 bits per heavy atom. The summed E-state index contributed by atoms with van der Waals surface area (Å²) in [6.07, 6.45) is 0.928. The molecule has 0 saturated heterocycles. The van der Waals surface area contributed by atoms with E-state index >= 15 is 0 Å². The summed E-state index contributed by atoms with van der Waals surface area (Å²) < 4.78 is 10.7. The van der Waals surface area contributed by atoms with Gasteiger partial charge in [0.25, 0.3) is 11.6 Å². The van der Waals surface area contributed by atoms with Crippen molar-refractivity contribution >= 4 is 11.6 Å². The minimum atomic E-state index is -0.586. The van der Waals surface area contributed by atoms with Crippen LogP contribution in [0.15, 0.2) is 36.4 Å². The van der Waals surface area contributed by atoms with Gasteiger partial charge in [-0.05, 0) is 30.4 Å². The van der Waals surface area contributed by atoms with Gasteiger partial charge in [-0.1, -0.05) is 45.0 Å². The number of nitro groups is 1. The van der Waals surface area contributed by atoms with Crippen LogP contribution in [0.3, 0.4) is 0 Å². The Balaban J connectivity index is 2.41. The Bertz CT molecular complexity index is 862. The van der Waals surface area contributed by atoms with Crippen LogP contribution in [0.2, 0.25) is 0 Å². The van der Waals surface area contributed by atoms with Gasteiger partial charge in [-0.25, -0.2) is 0 Å². The first-order chi connectivity index (χ1) is 13.8. The van der Waals surface area contributed by atoms with Gasteiger partial charge in [0.2, 0.25) is 0 Å². The van der Waals surface area contributed by atoms with E-state index in [9.17, 15) is 14.9 Å². The lowest BCUT2D eigenvalue weighted by molar-refractivity contribution is -0.385. The molecule has 0 aliphatic heterocycles. The quantitative estimate of drug-likeness (QED) is 0.487. The van der Waals surface area contributed by atoms with Crippen molar-refractivity contribution in [2.75, 3.05) is 13.7 Å². The zero-order chi connectivity index (χ0) is 21.6. The Kier molecular flexibility index (Phi) is 7.59. The molecule has 1 atom stereocenters. The van der Waals surface area contributed by atoms with E-state index in [4.69, 9.17) is 9.47 Å². The van der Waals surface area contributed by atoms with Crippen LogP contribution in [-0.2, 0) is 6.42 Å². The summed E-state index contributed by atoms with van der Waals surface area (Å²) in [6.45, 7) is 8.15. The summed E-state index contributed by atoms with van der Waals surface area (Å²) in [5.41, 5.74) is 1.77. The molecule has 2 aromatic carbocycles. The SMILES string of the molecule is CCOc1cc([N+](=O)[O-])c(C(=O)NC(c2ccc(CC)cc2)C(C)C)cc1OC. The minimum Gasteiger partial charge on any atom is -0.493 e. The summed E-state index contributed by atoms with van der Waals surface area (Å²) in [5.74, 6) is 0.0659. The van der Waals surface area contributed by atoms with E-state index in [2.05, 4.69) is 12.2 Å². The number of hydrogen-bond acceptors (Lipinski definition) is 5. The number of nitrogens with one attached hydrogen (secondary N) is 1. The first kappa shape index (κ1) is 22.2. The number of benzene rings is 2. The van der Waals surface area contributed by atoms with Gasteiger partial charge < -0.3 is 14.8 Å². The van der Waals surface area contributed by atoms with Gasteiger partial charge in [0.05, 0.1) is 30.7 Å². The van der Waals surface area contributed by atoms with Crippen molar-refractivity contribution in [1.29, 1.82) is 0 Å². The Morgan fingerprint density at radius 1 is 1.14 bits per heavy atom. The molecule has 1 amide bonds. The number of methoxy groups -OCH3 is 1. The highest BCUT2D eigenvalue weighted by atomic mass is 16.6. The van der Waals surface area contributed by atoms with Crippen LogP contribution in [-0.4, -0.2) is 24.5 Å². The fourth-order valence-corrected chi connectivity index (χ4v) is 3.12. The number of carbonyl (C=O) groups is 1. The van der Waals surface area contributed by atoms with Crippen molar-refractivity contribution in [3.05, 3.63) is 63.2 Å². The smallest absolute Gasteiger partial charge is 0.286 e. The number of nitrogens with zero attached hydrogens (tertiary/aromatic N) is 1. The van der Waals surface area contributed by atoms with Crippen LogP contribution < -0.4 is 14.8 Å². The first-order valence-electron chi connectivity index (χ1n) is 9.71. The van der Waals surface area contributed by atoms with Crippen molar-refractivity contribution < 1.29 is 19.2 Å². The lowest BCUT2D eigenvalue weighted by Gasteiger charge is -2.23. The van der Waals surface area contributed by atoms with E-state index in [-0.39, 0.29) is 34.7 Å². The minimum absolute atomic E-state index is 0.0638. The van der Waals surface area contributed by atoms with Gasteiger partial charge in [-0.15, -0.1) is 0 Å². The molecule has 0 saturated carbocycles. The van der Waals surface area contributed by atoms with Crippen LogP contribution in [0.5, 0.6) is 11.5 Å². The van der Waals surface area contributed by atoms with Crippen molar-refractivity contribution in [1.82, 2.24) is 5.32 Å². The monoisotopic (exact) mass is 400 g/mol. The molecule has 1 unspecified atom stereocenters. The van der Waals surface area contributed by atoms with Crippen molar-refractivity contribution in [2.24, 2.45) is 5.92 Å². The molecule has 0 radical (unpaired) electrons. The predicted molar refractivity (Wildman–Crippen MR) is 112 cm³/mol. The van der Waals surface area contributed by atoms with Crippen LogP contribution in [0.1, 0.15) is 55.2 Å². The molecule has 7 heteroatoms. The Morgan fingerprint density at radius 3 is 2.28 bits per heavy atom. The standard InChI is InChI=1S/C22H28N2O5/c1-6-15-8-10-16(11-9-15)21(14(3)4)23-22(25)17-12-19(28-5)20(29-7-2)13-18(17)24(26)27/h8-14,21H,6-7H2,1-5H3,(H,23,25). The van der Waals surface area contributed by atoms with Gasteiger partial charge in [-0.2, -0.15) is 0 Å². The number of ether oxygens (including phenoxy) is 2. The van der Waals surface area contributed by atoms with E-state index in [1.807, 2.05) is 38.1 Å². The zero-order valence-electron chi connectivity index (χ0n) is 17.5. The van der Waals surface area contributed by atoms with E-state index < -0.39 is 10.8 Å². The second-order valence-electron chi connectivity index (χ2n) is 7.00. The first-order valence-corrected chi connectivity index (χ1v) is 9.71. The summed E-state index contributed by atoms with van der Waals surface area (Å²) in [6, 6.07) is 10.3. The highest BCUT2D eigenvalue weighted by Crippen LogP contribution is 2.35. The molecule has 29 heavy (non-hydrogen) atoms. The maximum atomic E-state index is 13.0. The molecule has 0 aromatic heterocycles. The average molecular weight is 400 g/mol. The number of nitro benzene ring substituents is 1. The predicted octanol–water partition coefficient (Wildman–Crippen LogP) is 4.69. The number of hydrogen-bond donors (Lipinski definition) is 1. The number of amides is 1. The summed E-state index contributed by atoms with van der Waals surface area (Å²) in [5, 5.41) is 14.5. The second-order valence-corrected chi connectivity index (χ2v) is 7.00. The third-order valence-corrected chi connectivity index (χ3v) is 4.72. The average Bonchev–Trinajstić information content (AvgIpc) is 2.71. The molecule has 1 N–H and O–H groups in total. The van der Waals surface area contributed by atoms with E-state index in [1.165, 1.54) is 24.8 Å². The second kappa shape index (κ2) is 9.91. The van der Waals surface area contributed by atoms with Crippen molar-refractivity contribution in [2.45, 2.75) is 40.2 Å². The van der Waals surface area contributed by atoms with Crippen molar-refractivity contribution in [3.8, 4) is 11.5 Å². The molecule has 156 valence electrons. The van der Waals surface area contributed by atoms with E-state index in [1.54, 1.807) is 6.92 Å². The number of rotatable bonds is 9. The third kappa shape index (κ3) is 5.25. The molecule has 0 bridgehead atoms. The van der Waals surface area contributed by atoms with Gasteiger partial charge in [0.15, 0.2) is 11.5 Å². The van der Waals surface area contributed by atoms with Crippen LogP contribution in [0.4, 0.5) is 5.69 Å².